The van der Waals surface area contributed by atoms with E-state index in [1.165, 1.54) is 0 Å². The molecule has 0 aliphatic carbocycles. The molecule has 0 radical (unpaired) electrons. The summed E-state index contributed by atoms with van der Waals surface area (Å²) in [7, 11) is 1.57. The highest BCUT2D eigenvalue weighted by molar-refractivity contribution is 5.88. The van der Waals surface area contributed by atoms with Crippen LogP contribution in [0.2, 0.25) is 0 Å². The molecular weight excluding hydrogens is 306 g/mol. The molecule has 1 atom stereocenters. The van der Waals surface area contributed by atoms with Crippen molar-refractivity contribution in [2.45, 2.75) is 32.4 Å². The van der Waals surface area contributed by atoms with Gasteiger partial charge < -0.3 is 14.8 Å². The predicted molar refractivity (Wildman–Crippen MR) is 88.0 cm³/mol. The zero-order valence-corrected chi connectivity index (χ0v) is 13.9. The largest absolute Gasteiger partial charge is 0.357 e. The minimum absolute atomic E-state index is 0.0423. The van der Waals surface area contributed by atoms with E-state index < -0.39 is 6.04 Å². The Morgan fingerprint density at radius 2 is 1.96 bits per heavy atom. The van der Waals surface area contributed by atoms with Gasteiger partial charge in [0, 0.05) is 26.6 Å². The number of carbonyl (C=O) groups is 2. The fourth-order valence-electron chi connectivity index (χ4n) is 3.06. The highest BCUT2D eigenvalue weighted by atomic mass is 16.2. The molecule has 0 saturated carbocycles. The monoisotopic (exact) mass is 327 g/mol. The second kappa shape index (κ2) is 6.82. The van der Waals surface area contributed by atoms with Crippen molar-refractivity contribution in [3.63, 3.8) is 0 Å². The van der Waals surface area contributed by atoms with Crippen molar-refractivity contribution in [1.29, 1.82) is 0 Å². The van der Waals surface area contributed by atoms with Gasteiger partial charge in [-0.25, -0.2) is 0 Å². The van der Waals surface area contributed by atoms with Crippen LogP contribution in [0, 0.1) is 6.92 Å². The highest BCUT2D eigenvalue weighted by Gasteiger charge is 2.37. The van der Waals surface area contributed by atoms with E-state index in [9.17, 15) is 9.59 Å². The third kappa shape index (κ3) is 3.02. The number of benzene rings is 1. The van der Waals surface area contributed by atoms with Crippen LogP contribution in [0.15, 0.2) is 30.3 Å². The number of hydrogen-bond acceptors (Lipinski definition) is 4. The van der Waals surface area contributed by atoms with E-state index in [1.54, 1.807) is 11.9 Å². The maximum atomic E-state index is 12.7. The van der Waals surface area contributed by atoms with E-state index in [4.69, 9.17) is 0 Å². The molecule has 7 heteroatoms. The van der Waals surface area contributed by atoms with Crippen molar-refractivity contribution in [2.24, 2.45) is 0 Å². The maximum absolute atomic E-state index is 12.7. The number of hydrogen-bond donors (Lipinski definition) is 1. The molecule has 0 bridgehead atoms. The van der Waals surface area contributed by atoms with Crippen LogP contribution in [0.3, 0.4) is 0 Å². The van der Waals surface area contributed by atoms with Gasteiger partial charge in [-0.05, 0) is 18.9 Å². The summed E-state index contributed by atoms with van der Waals surface area (Å²) in [6, 6.07) is 9.15. The number of aryl methyl sites for hydroxylation is 2. The first-order chi connectivity index (χ1) is 11.6. The number of rotatable bonds is 4. The minimum Gasteiger partial charge on any atom is -0.357 e. The van der Waals surface area contributed by atoms with Gasteiger partial charge in [0.25, 0.3) is 5.91 Å². The summed E-state index contributed by atoms with van der Waals surface area (Å²) in [5.74, 6) is 1.01. The van der Waals surface area contributed by atoms with Crippen LogP contribution >= 0.6 is 0 Å². The summed E-state index contributed by atoms with van der Waals surface area (Å²) in [5, 5.41) is 10.8. The summed E-state index contributed by atoms with van der Waals surface area (Å²) in [5.41, 5.74) is 1.11. The SMILES string of the molecule is CNC(=O)C1c2nnc(C)n2CCN1C(=O)CCc1ccccc1. The van der Waals surface area contributed by atoms with Crippen LogP contribution in [-0.4, -0.2) is 45.1 Å². The summed E-state index contributed by atoms with van der Waals surface area (Å²) in [6.45, 7) is 2.95. The van der Waals surface area contributed by atoms with Crippen LogP contribution in [0.1, 0.15) is 29.7 Å². The summed E-state index contributed by atoms with van der Waals surface area (Å²) in [6.07, 6.45) is 1.02. The lowest BCUT2D eigenvalue weighted by Gasteiger charge is -2.34. The molecule has 1 aliphatic rings. The first-order valence-corrected chi connectivity index (χ1v) is 8.06. The van der Waals surface area contributed by atoms with Gasteiger partial charge in [-0.3, -0.25) is 9.59 Å². The first-order valence-electron chi connectivity index (χ1n) is 8.06. The molecule has 1 aliphatic heterocycles. The smallest absolute Gasteiger partial charge is 0.250 e. The van der Waals surface area contributed by atoms with Gasteiger partial charge in [0.05, 0.1) is 0 Å². The minimum atomic E-state index is -0.715. The molecule has 1 unspecified atom stereocenters. The number of carbonyl (C=O) groups excluding carboxylic acids is 2. The van der Waals surface area contributed by atoms with Crippen LogP contribution in [0.5, 0.6) is 0 Å². The van der Waals surface area contributed by atoms with E-state index in [0.717, 1.165) is 11.4 Å². The zero-order chi connectivity index (χ0) is 17.1. The van der Waals surface area contributed by atoms with Gasteiger partial charge in [-0.2, -0.15) is 0 Å². The molecule has 2 aromatic rings. The van der Waals surface area contributed by atoms with Crippen LogP contribution in [-0.2, 0) is 22.6 Å². The number of nitrogens with zero attached hydrogens (tertiary/aromatic N) is 4. The number of fused-ring (bicyclic) bond motifs is 1. The topological polar surface area (TPSA) is 80.1 Å². The molecule has 3 rings (SSSR count). The Bertz CT molecular complexity index is 741. The van der Waals surface area contributed by atoms with E-state index >= 15 is 0 Å². The molecule has 1 aromatic carbocycles. The summed E-state index contributed by atoms with van der Waals surface area (Å²) >= 11 is 0. The second-order valence-electron chi connectivity index (χ2n) is 5.85. The molecule has 1 aromatic heterocycles. The quantitative estimate of drug-likeness (QED) is 0.903. The van der Waals surface area contributed by atoms with Crippen molar-refractivity contribution in [2.75, 3.05) is 13.6 Å². The lowest BCUT2D eigenvalue weighted by atomic mass is 10.1. The lowest BCUT2D eigenvalue weighted by molar-refractivity contribution is -0.142. The standard InChI is InChI=1S/C17H21N5O2/c1-12-19-20-16-15(17(24)18-2)22(11-10-21(12)16)14(23)9-8-13-6-4-3-5-7-13/h3-7,15H,8-11H2,1-2H3,(H,18,24). The van der Waals surface area contributed by atoms with E-state index in [0.29, 0.717) is 31.8 Å². The fraction of sp³-hybridized carbons (Fsp3) is 0.412. The number of amides is 2. The molecule has 2 amide bonds. The van der Waals surface area contributed by atoms with E-state index in [-0.39, 0.29) is 11.8 Å². The first kappa shape index (κ1) is 16.2. The maximum Gasteiger partial charge on any atom is 0.250 e. The number of likely N-dealkylation sites (N-methyl/N-ethyl adjacent to an activating group) is 1. The van der Waals surface area contributed by atoms with Crippen LogP contribution in [0.4, 0.5) is 0 Å². The summed E-state index contributed by atoms with van der Waals surface area (Å²) in [4.78, 5) is 26.7. The Kier molecular flexibility index (Phi) is 4.59. The Hall–Kier alpha value is -2.70. The van der Waals surface area contributed by atoms with Crippen molar-refractivity contribution in [1.82, 2.24) is 25.0 Å². The highest BCUT2D eigenvalue weighted by Crippen LogP contribution is 2.26. The molecular formula is C17H21N5O2. The fourth-order valence-corrected chi connectivity index (χ4v) is 3.06. The third-order valence-electron chi connectivity index (χ3n) is 4.37. The number of nitrogens with one attached hydrogen (secondary N) is 1. The van der Waals surface area contributed by atoms with Gasteiger partial charge >= 0.3 is 0 Å². The normalized spacial score (nSPS) is 16.6. The van der Waals surface area contributed by atoms with Gasteiger partial charge in [0.1, 0.15) is 5.82 Å². The molecule has 1 N–H and O–H groups in total. The molecule has 2 heterocycles. The molecule has 126 valence electrons. The van der Waals surface area contributed by atoms with Crippen molar-refractivity contribution < 1.29 is 9.59 Å². The summed E-state index contributed by atoms with van der Waals surface area (Å²) < 4.78 is 1.90. The van der Waals surface area contributed by atoms with Gasteiger partial charge in [-0.1, -0.05) is 30.3 Å². The van der Waals surface area contributed by atoms with Crippen molar-refractivity contribution >= 4 is 11.8 Å². The van der Waals surface area contributed by atoms with Crippen molar-refractivity contribution in [3.05, 3.63) is 47.5 Å². The molecule has 0 spiro atoms. The predicted octanol–water partition coefficient (Wildman–Crippen LogP) is 0.849. The average molecular weight is 327 g/mol. The molecule has 0 saturated heterocycles. The van der Waals surface area contributed by atoms with E-state index in [2.05, 4.69) is 15.5 Å². The number of aromatic nitrogens is 3. The Morgan fingerprint density at radius 1 is 1.21 bits per heavy atom. The zero-order valence-electron chi connectivity index (χ0n) is 13.9. The third-order valence-corrected chi connectivity index (χ3v) is 4.37. The van der Waals surface area contributed by atoms with Gasteiger partial charge in [-0.15, -0.1) is 10.2 Å². The Morgan fingerprint density at radius 3 is 2.67 bits per heavy atom. The Labute approximate surface area is 140 Å². The van der Waals surface area contributed by atoms with E-state index in [1.807, 2.05) is 41.8 Å². The molecule has 7 nitrogen and oxygen atoms in total. The van der Waals surface area contributed by atoms with Gasteiger partial charge in [0.2, 0.25) is 5.91 Å². The van der Waals surface area contributed by atoms with Gasteiger partial charge in [0.15, 0.2) is 11.9 Å². The lowest BCUT2D eigenvalue weighted by Crippen LogP contribution is -2.48. The second-order valence-corrected chi connectivity index (χ2v) is 5.85. The molecule has 0 fully saturated rings. The van der Waals surface area contributed by atoms with Crippen molar-refractivity contribution in [3.8, 4) is 0 Å². The van der Waals surface area contributed by atoms with Crippen LogP contribution in [0.25, 0.3) is 0 Å². The van der Waals surface area contributed by atoms with Crippen LogP contribution < -0.4 is 5.32 Å². The molecule has 24 heavy (non-hydrogen) atoms. The average Bonchev–Trinajstić information content (AvgIpc) is 3.00. The Balaban J connectivity index is 1.78.